The van der Waals surface area contributed by atoms with Crippen LogP contribution in [0.3, 0.4) is 0 Å². The second-order valence-electron chi connectivity index (χ2n) is 4.18. The molecule has 1 N–H and O–H groups in total. The van der Waals surface area contributed by atoms with Gasteiger partial charge < -0.3 is 5.32 Å². The summed E-state index contributed by atoms with van der Waals surface area (Å²) in [6.45, 7) is 0. The van der Waals surface area contributed by atoms with Crippen LogP contribution in [0.4, 0.5) is 0 Å². The van der Waals surface area contributed by atoms with Gasteiger partial charge in [-0.25, -0.2) is 0 Å². The summed E-state index contributed by atoms with van der Waals surface area (Å²) in [5.41, 5.74) is -0.0481. The smallest absolute Gasteiger partial charge is 0.261 e. The van der Waals surface area contributed by atoms with Crippen LogP contribution in [0.15, 0.2) is 12.1 Å². The highest BCUT2D eigenvalue weighted by atomic mass is 79.9. The van der Waals surface area contributed by atoms with Crippen molar-refractivity contribution in [2.45, 2.75) is 31.2 Å². The molecule has 1 aromatic heterocycles. The highest BCUT2D eigenvalue weighted by molar-refractivity contribution is 9.09. The number of rotatable bonds is 3. The van der Waals surface area contributed by atoms with Crippen LogP contribution in [-0.2, 0) is 0 Å². The Kier molecular flexibility index (Phi) is 3.93. The van der Waals surface area contributed by atoms with Crippen molar-refractivity contribution >= 4 is 44.8 Å². The molecule has 5 heteroatoms. The number of hydrogen-bond acceptors (Lipinski definition) is 2. The topological polar surface area (TPSA) is 29.1 Å². The first-order chi connectivity index (χ1) is 7.65. The Balaban J connectivity index is 2.06. The quantitative estimate of drug-likeness (QED) is 0.842. The monoisotopic (exact) mass is 321 g/mol. The van der Waals surface area contributed by atoms with E-state index in [9.17, 15) is 4.79 Å². The van der Waals surface area contributed by atoms with Crippen LogP contribution in [0, 0.1) is 0 Å². The molecular weight excluding hydrogens is 310 g/mol. The van der Waals surface area contributed by atoms with E-state index in [1.165, 1.54) is 24.2 Å². The fourth-order valence-corrected chi connectivity index (χ4v) is 3.72. The second-order valence-corrected chi connectivity index (χ2v) is 6.45. The third kappa shape index (κ3) is 2.60. The van der Waals surface area contributed by atoms with Crippen LogP contribution >= 0.6 is 38.9 Å². The van der Waals surface area contributed by atoms with Gasteiger partial charge in [-0.2, -0.15) is 0 Å². The molecule has 1 aliphatic carbocycles. The van der Waals surface area contributed by atoms with Gasteiger partial charge in [-0.3, -0.25) is 4.79 Å². The molecule has 88 valence electrons. The number of amides is 1. The van der Waals surface area contributed by atoms with Crippen LogP contribution in [0.2, 0.25) is 4.34 Å². The summed E-state index contributed by atoms with van der Waals surface area (Å²) < 4.78 is 0.657. The largest absolute Gasteiger partial charge is 0.345 e. The fourth-order valence-electron chi connectivity index (χ4n) is 2.08. The molecule has 1 fully saturated rings. The maximum absolute atomic E-state index is 12.0. The maximum atomic E-state index is 12.0. The van der Waals surface area contributed by atoms with E-state index in [1.54, 1.807) is 12.1 Å². The lowest BCUT2D eigenvalue weighted by Gasteiger charge is -2.27. The van der Waals surface area contributed by atoms with Gasteiger partial charge in [0.25, 0.3) is 5.91 Å². The van der Waals surface area contributed by atoms with Crippen molar-refractivity contribution in [1.82, 2.24) is 5.32 Å². The lowest BCUT2D eigenvalue weighted by atomic mass is 10.0. The Morgan fingerprint density at radius 3 is 2.69 bits per heavy atom. The molecule has 1 heterocycles. The van der Waals surface area contributed by atoms with Crippen LogP contribution in [-0.4, -0.2) is 16.8 Å². The maximum Gasteiger partial charge on any atom is 0.261 e. The van der Waals surface area contributed by atoms with Crippen molar-refractivity contribution < 1.29 is 4.79 Å². The molecule has 0 radical (unpaired) electrons. The summed E-state index contributed by atoms with van der Waals surface area (Å²) in [6.07, 6.45) is 4.50. The summed E-state index contributed by atoms with van der Waals surface area (Å²) in [4.78, 5) is 12.7. The van der Waals surface area contributed by atoms with Crippen LogP contribution in [0.25, 0.3) is 0 Å². The summed E-state index contributed by atoms with van der Waals surface area (Å²) in [5, 5.41) is 3.96. The highest BCUT2D eigenvalue weighted by Gasteiger charge is 2.34. The molecular formula is C11H13BrClNOS. The molecule has 1 aliphatic rings. The Bertz CT molecular complexity index is 387. The van der Waals surface area contributed by atoms with E-state index in [0.717, 1.165) is 18.2 Å². The van der Waals surface area contributed by atoms with Gasteiger partial charge in [0.1, 0.15) is 0 Å². The van der Waals surface area contributed by atoms with E-state index in [0.29, 0.717) is 9.21 Å². The van der Waals surface area contributed by atoms with Gasteiger partial charge in [0.05, 0.1) is 14.8 Å². The van der Waals surface area contributed by atoms with E-state index >= 15 is 0 Å². The predicted octanol–water partition coefficient (Wildman–Crippen LogP) is 3.84. The predicted molar refractivity (Wildman–Crippen MR) is 71.8 cm³/mol. The zero-order valence-corrected chi connectivity index (χ0v) is 11.9. The zero-order chi connectivity index (χ0) is 11.6. The normalized spacial score (nSPS) is 18.6. The molecule has 1 saturated carbocycles. The number of carbonyl (C=O) groups excluding carboxylic acids is 1. The van der Waals surface area contributed by atoms with Gasteiger partial charge in [0.15, 0.2) is 0 Å². The zero-order valence-electron chi connectivity index (χ0n) is 8.76. The van der Waals surface area contributed by atoms with Gasteiger partial charge >= 0.3 is 0 Å². The van der Waals surface area contributed by atoms with Crippen LogP contribution < -0.4 is 5.32 Å². The van der Waals surface area contributed by atoms with Crippen molar-refractivity contribution in [3.63, 3.8) is 0 Å². The summed E-state index contributed by atoms with van der Waals surface area (Å²) in [5.74, 6) is -0.00162. The number of thiophene rings is 1. The minimum absolute atomic E-state index is 0.00162. The molecule has 0 aromatic carbocycles. The molecule has 0 aliphatic heterocycles. The first kappa shape index (κ1) is 12.4. The van der Waals surface area contributed by atoms with E-state index in [2.05, 4.69) is 21.2 Å². The number of alkyl halides is 1. The highest BCUT2D eigenvalue weighted by Crippen LogP contribution is 2.32. The average molecular weight is 323 g/mol. The molecule has 1 amide bonds. The number of carbonyl (C=O) groups is 1. The summed E-state index contributed by atoms with van der Waals surface area (Å²) in [6, 6.07) is 3.54. The number of nitrogens with one attached hydrogen (secondary N) is 1. The van der Waals surface area contributed by atoms with E-state index in [-0.39, 0.29) is 11.4 Å². The molecule has 0 unspecified atom stereocenters. The molecule has 2 nitrogen and oxygen atoms in total. The Morgan fingerprint density at radius 2 is 2.19 bits per heavy atom. The average Bonchev–Trinajstić information content (AvgIpc) is 2.88. The van der Waals surface area contributed by atoms with Gasteiger partial charge in [-0.1, -0.05) is 40.4 Å². The lowest BCUT2D eigenvalue weighted by Crippen LogP contribution is -2.47. The summed E-state index contributed by atoms with van der Waals surface area (Å²) in [7, 11) is 0. The standard InChI is InChI=1S/C11H13BrClNOS/c12-7-11(5-1-2-6-11)14-10(15)8-3-4-9(13)16-8/h3-4H,1-2,5-7H2,(H,14,15). The minimum atomic E-state index is -0.0481. The molecule has 0 atom stereocenters. The van der Waals surface area contributed by atoms with Crippen molar-refractivity contribution in [1.29, 1.82) is 0 Å². The van der Waals surface area contributed by atoms with Crippen molar-refractivity contribution in [2.75, 3.05) is 5.33 Å². The summed E-state index contributed by atoms with van der Waals surface area (Å²) >= 11 is 10.6. The van der Waals surface area contributed by atoms with E-state index in [1.807, 2.05) is 0 Å². The van der Waals surface area contributed by atoms with E-state index < -0.39 is 0 Å². The van der Waals surface area contributed by atoms with Gasteiger partial charge in [-0.15, -0.1) is 11.3 Å². The molecule has 0 saturated heterocycles. The van der Waals surface area contributed by atoms with Crippen LogP contribution in [0.5, 0.6) is 0 Å². The van der Waals surface area contributed by atoms with Crippen molar-refractivity contribution in [2.24, 2.45) is 0 Å². The van der Waals surface area contributed by atoms with Gasteiger partial charge in [-0.05, 0) is 25.0 Å². The third-order valence-electron chi connectivity index (χ3n) is 2.99. The Morgan fingerprint density at radius 1 is 1.50 bits per heavy atom. The number of hydrogen-bond donors (Lipinski definition) is 1. The molecule has 0 bridgehead atoms. The van der Waals surface area contributed by atoms with Gasteiger partial charge in [0.2, 0.25) is 0 Å². The van der Waals surface area contributed by atoms with Crippen molar-refractivity contribution in [3.8, 4) is 0 Å². The SMILES string of the molecule is O=C(NC1(CBr)CCCC1)c1ccc(Cl)s1. The molecule has 0 spiro atoms. The first-order valence-corrected chi connectivity index (χ1v) is 7.61. The van der Waals surface area contributed by atoms with E-state index in [4.69, 9.17) is 11.6 Å². The lowest BCUT2D eigenvalue weighted by molar-refractivity contribution is 0.0914. The third-order valence-corrected chi connectivity index (χ3v) is 5.30. The van der Waals surface area contributed by atoms with Gasteiger partial charge in [0, 0.05) is 5.33 Å². The Labute approximate surface area is 113 Å². The fraction of sp³-hybridized carbons (Fsp3) is 0.545. The van der Waals surface area contributed by atoms with Crippen LogP contribution in [0.1, 0.15) is 35.4 Å². The number of halogens is 2. The Hall–Kier alpha value is -0.0600. The van der Waals surface area contributed by atoms with Crippen molar-refractivity contribution in [3.05, 3.63) is 21.3 Å². The molecule has 2 rings (SSSR count). The molecule has 1 aromatic rings. The first-order valence-electron chi connectivity index (χ1n) is 5.29. The minimum Gasteiger partial charge on any atom is -0.345 e. The second kappa shape index (κ2) is 5.07. The molecule has 16 heavy (non-hydrogen) atoms.